The number of pyridine rings is 1. The zero-order valence-corrected chi connectivity index (χ0v) is 36.5. The van der Waals surface area contributed by atoms with E-state index >= 15 is 0 Å². The monoisotopic (exact) mass is 862 g/mol. The van der Waals surface area contributed by atoms with E-state index in [0.29, 0.717) is 42.3 Å². The number of hydrogen-bond acceptors (Lipinski definition) is 12. The third-order valence-electron chi connectivity index (χ3n) is 11.1. The molecule has 1 saturated heterocycles. The van der Waals surface area contributed by atoms with E-state index in [1.165, 1.54) is 16.7 Å². The molecule has 17 heteroatoms. The fourth-order valence-corrected chi connectivity index (χ4v) is 9.94. The first-order valence-corrected chi connectivity index (χ1v) is 23.0. The van der Waals surface area contributed by atoms with Crippen molar-refractivity contribution in [2.45, 2.75) is 93.9 Å². The Morgan fingerprint density at radius 3 is 2.50 bits per heavy atom. The maximum Gasteiger partial charge on any atom is 0.408 e. The number of hydrogen-bond donors (Lipinski definition) is 3. The van der Waals surface area contributed by atoms with Crippen molar-refractivity contribution < 1.29 is 41.8 Å². The van der Waals surface area contributed by atoms with E-state index in [9.17, 15) is 27.6 Å². The van der Waals surface area contributed by atoms with Crippen molar-refractivity contribution in [3.8, 4) is 22.9 Å². The molecule has 0 spiro atoms. The summed E-state index contributed by atoms with van der Waals surface area (Å²) in [5.74, 6) is -0.514. The zero-order valence-electron chi connectivity index (χ0n) is 34.9. The number of aromatic nitrogens is 1. The maximum atomic E-state index is 14.7. The highest BCUT2D eigenvalue weighted by Gasteiger charge is 2.62. The molecule has 15 nitrogen and oxygen atoms in total. The molecule has 7 rings (SSSR count). The molecule has 0 bridgehead atoms. The predicted octanol–water partition coefficient (Wildman–Crippen LogP) is 4.78. The minimum atomic E-state index is -3.92. The molecule has 4 amide bonds. The molecule has 1 aromatic heterocycles. The van der Waals surface area contributed by atoms with E-state index in [-0.39, 0.29) is 25.1 Å². The van der Waals surface area contributed by atoms with Gasteiger partial charge in [0.25, 0.3) is 5.91 Å². The van der Waals surface area contributed by atoms with Gasteiger partial charge in [-0.05, 0) is 113 Å². The summed E-state index contributed by atoms with van der Waals surface area (Å²) in [6, 6.07) is 13.2. The number of fused-ring (bicyclic) bond motifs is 3. The van der Waals surface area contributed by atoms with Crippen LogP contribution in [0.5, 0.6) is 11.6 Å². The highest BCUT2D eigenvalue weighted by Crippen LogP contribution is 2.46. The lowest BCUT2D eigenvalue weighted by atomic mass is 10.1. The summed E-state index contributed by atoms with van der Waals surface area (Å²) in [6.45, 7) is 5.14. The summed E-state index contributed by atoms with van der Waals surface area (Å²) in [7, 11) is 1.59. The number of carbonyl (C=O) groups is 4. The fraction of sp³-hybridized carbons (Fsp3) is 0.512. The van der Waals surface area contributed by atoms with E-state index in [4.69, 9.17) is 19.2 Å². The molecule has 5 atom stereocenters. The van der Waals surface area contributed by atoms with Crippen molar-refractivity contribution in [1.29, 1.82) is 0 Å². The lowest BCUT2D eigenvalue weighted by molar-refractivity contribution is -0.140. The largest absolute Gasteiger partial charge is 0.497 e. The molecule has 3 N–H and O–H groups in total. The normalized spacial score (nSPS) is 25.4. The Bertz CT molecular complexity index is 2280. The molecule has 2 saturated carbocycles. The number of alkyl carbamates (subject to hydrolysis) is 1. The summed E-state index contributed by atoms with van der Waals surface area (Å²) < 4.78 is 45.7. The van der Waals surface area contributed by atoms with Crippen LogP contribution in [0.3, 0.4) is 0 Å². The van der Waals surface area contributed by atoms with Gasteiger partial charge in [0.05, 0.1) is 24.6 Å². The Kier molecular flexibility index (Phi) is 12.3. The molecule has 3 aromatic rings. The Morgan fingerprint density at radius 1 is 1.07 bits per heavy atom. The summed E-state index contributed by atoms with van der Waals surface area (Å²) in [5.41, 5.74) is 0.0690. The van der Waals surface area contributed by atoms with Gasteiger partial charge < -0.3 is 34.6 Å². The highest BCUT2D eigenvalue weighted by molar-refractivity contribution is 7.99. The fourth-order valence-electron chi connectivity index (χ4n) is 7.58. The van der Waals surface area contributed by atoms with Crippen molar-refractivity contribution in [3.63, 3.8) is 0 Å². The third kappa shape index (κ3) is 9.78. The molecule has 60 heavy (non-hydrogen) atoms. The Hall–Kier alpha value is -5.03. The average Bonchev–Trinajstić information content (AvgIpc) is 4.12. The van der Waals surface area contributed by atoms with Crippen molar-refractivity contribution in [3.05, 3.63) is 60.7 Å². The van der Waals surface area contributed by atoms with Crippen molar-refractivity contribution in [2.24, 2.45) is 5.92 Å². The molecule has 322 valence electrons. The number of anilines is 1. The van der Waals surface area contributed by atoms with Gasteiger partial charge in [-0.25, -0.2) is 18.2 Å². The summed E-state index contributed by atoms with van der Waals surface area (Å²) >= 11 is 1.50. The van der Waals surface area contributed by atoms with Gasteiger partial charge in [0.1, 0.15) is 35.1 Å². The van der Waals surface area contributed by atoms with Crippen LogP contribution in [-0.2, 0) is 29.1 Å². The number of nitrogens with one attached hydrogen (secondary N) is 3. The van der Waals surface area contributed by atoms with Gasteiger partial charge in [0, 0.05) is 48.8 Å². The number of ether oxygens (including phenoxy) is 3. The summed E-state index contributed by atoms with van der Waals surface area (Å²) in [4.78, 5) is 64.6. The van der Waals surface area contributed by atoms with Crippen molar-refractivity contribution in [1.82, 2.24) is 25.2 Å². The quantitative estimate of drug-likeness (QED) is 0.251. The van der Waals surface area contributed by atoms with Crippen molar-refractivity contribution >= 4 is 62.1 Å². The second-order valence-electron chi connectivity index (χ2n) is 17.1. The van der Waals surface area contributed by atoms with Crippen LogP contribution in [0.1, 0.15) is 59.3 Å². The second kappa shape index (κ2) is 17.1. The molecule has 4 aliphatic rings. The molecular weight excluding hydrogens is 809 g/mol. The van der Waals surface area contributed by atoms with E-state index in [1.54, 1.807) is 27.9 Å². The van der Waals surface area contributed by atoms with Crippen LogP contribution >= 0.6 is 11.8 Å². The lowest BCUT2D eigenvalue weighted by Gasteiger charge is -2.30. The molecule has 0 radical (unpaired) electrons. The van der Waals surface area contributed by atoms with Gasteiger partial charge >= 0.3 is 6.09 Å². The Labute approximate surface area is 355 Å². The SMILES string of the molecule is COc1ccc(-c2cc3cc(N(C)C)ccc3c(O[C@@H]3C[C@H]4C(=O)N[C@]5(C(=O)NS(=O)(=O)C6CC6)C[C@H]5/C=C\CCCSC[C@H](NC(=O)OC(C)(C)C)C(=O)N4C3)n2)cc1. The summed E-state index contributed by atoms with van der Waals surface area (Å²) in [5, 5.41) is 6.60. The Morgan fingerprint density at radius 2 is 1.82 bits per heavy atom. The predicted molar refractivity (Wildman–Crippen MR) is 231 cm³/mol. The molecule has 3 heterocycles. The van der Waals surface area contributed by atoms with Crippen LogP contribution in [-0.4, -0.2) is 116 Å². The zero-order chi connectivity index (χ0) is 43.0. The standard InChI is InChI=1S/C43H54N6O9S2/c1-42(2,3)58-41(53)45-35-25-59-19-9-7-8-10-28-23-43(28,40(52)47-60(54,55)32-16-17-32)46-37(50)36-22-31(24-49(36)39(35)51)57-38-33-18-13-29(48(4)5)20-27(33)21-34(44-38)26-11-14-30(56-6)15-12-26/h8,10-15,18,20-21,28,31-32,35-36H,7,9,16-17,19,22-25H2,1-6H3,(H,45,53)(H,46,50)(H,47,52)/b10-8-/t28-,31-,35+,36+,43-/m1/s1. The topological polar surface area (TPSA) is 186 Å². The van der Waals surface area contributed by atoms with E-state index in [0.717, 1.165) is 28.4 Å². The van der Waals surface area contributed by atoms with Crippen LogP contribution in [0, 0.1) is 5.92 Å². The van der Waals surface area contributed by atoms with E-state index < -0.39 is 74.3 Å². The molecule has 2 aliphatic carbocycles. The maximum absolute atomic E-state index is 14.7. The highest BCUT2D eigenvalue weighted by atomic mass is 32.2. The number of allylic oxidation sites excluding steroid dienone is 1. The average molecular weight is 863 g/mol. The third-order valence-corrected chi connectivity index (χ3v) is 14.0. The number of nitrogens with zero attached hydrogens (tertiary/aromatic N) is 3. The number of methoxy groups -OCH3 is 1. The first kappa shape index (κ1) is 43.1. The van der Waals surface area contributed by atoms with Crippen LogP contribution in [0.15, 0.2) is 60.7 Å². The summed E-state index contributed by atoms with van der Waals surface area (Å²) in [6.07, 6.45) is 4.84. The second-order valence-corrected chi connectivity index (χ2v) is 20.2. The van der Waals surface area contributed by atoms with Gasteiger partial charge in [0.2, 0.25) is 27.7 Å². The lowest BCUT2D eigenvalue weighted by Crippen LogP contribution is -2.58. The van der Waals surface area contributed by atoms with Crippen LogP contribution in [0.2, 0.25) is 0 Å². The smallest absolute Gasteiger partial charge is 0.408 e. The van der Waals surface area contributed by atoms with Crippen molar-refractivity contribution in [2.75, 3.05) is 44.2 Å². The number of sulfonamides is 1. The van der Waals surface area contributed by atoms with E-state index in [2.05, 4.69) is 15.4 Å². The first-order valence-electron chi connectivity index (χ1n) is 20.3. The van der Waals surface area contributed by atoms with Gasteiger partial charge in [0.15, 0.2) is 0 Å². The van der Waals surface area contributed by atoms with Crippen LogP contribution < -0.4 is 29.7 Å². The molecule has 2 aromatic carbocycles. The Balaban J connectivity index is 1.24. The minimum Gasteiger partial charge on any atom is -0.497 e. The molecular formula is C43H54N6O9S2. The number of thioether (sulfide) groups is 1. The number of carbonyl (C=O) groups excluding carboxylic acids is 4. The number of amides is 4. The first-order chi connectivity index (χ1) is 28.5. The molecule has 3 fully saturated rings. The number of rotatable bonds is 9. The van der Waals surface area contributed by atoms with E-state index in [1.807, 2.05) is 79.7 Å². The van der Waals surface area contributed by atoms with Gasteiger partial charge in [-0.3, -0.25) is 19.1 Å². The van der Waals surface area contributed by atoms with Gasteiger partial charge in [-0.1, -0.05) is 12.2 Å². The van der Waals surface area contributed by atoms with Gasteiger partial charge in [-0.15, -0.1) is 0 Å². The molecule has 2 aliphatic heterocycles. The number of benzene rings is 2. The van der Waals surface area contributed by atoms with Crippen LogP contribution in [0.25, 0.3) is 22.0 Å². The van der Waals surface area contributed by atoms with Gasteiger partial charge in [-0.2, -0.15) is 11.8 Å². The molecule has 0 unspecified atom stereocenters. The minimum absolute atomic E-state index is 0.0220. The van der Waals surface area contributed by atoms with Crippen LogP contribution in [0.4, 0.5) is 10.5 Å².